The molecule has 0 fully saturated rings. The molecule has 1 N–H and O–H groups in total. The van der Waals surface area contributed by atoms with Gasteiger partial charge in [0.1, 0.15) is 5.82 Å². The molecular formula is C13H13Br2N3O2S. The highest BCUT2D eigenvalue weighted by Crippen LogP contribution is 2.30. The second-order valence-electron chi connectivity index (χ2n) is 4.26. The Morgan fingerprint density at radius 2 is 2.14 bits per heavy atom. The van der Waals surface area contributed by atoms with Crippen molar-refractivity contribution < 1.29 is 9.90 Å². The van der Waals surface area contributed by atoms with Crippen molar-refractivity contribution in [3.63, 3.8) is 0 Å². The second-order valence-corrected chi connectivity index (χ2v) is 6.97. The fraction of sp³-hybridized carbons (Fsp3) is 0.308. The zero-order valence-electron chi connectivity index (χ0n) is 11.2. The highest BCUT2D eigenvalue weighted by molar-refractivity contribution is 9.11. The van der Waals surface area contributed by atoms with Crippen LogP contribution in [0.1, 0.15) is 19.2 Å². The molecule has 0 aliphatic rings. The monoisotopic (exact) mass is 433 g/mol. The summed E-state index contributed by atoms with van der Waals surface area (Å²) in [6, 6.07) is 5.82. The smallest absolute Gasteiger partial charge is 0.313 e. The van der Waals surface area contributed by atoms with Gasteiger partial charge in [-0.05, 0) is 40.5 Å². The molecule has 0 saturated heterocycles. The summed E-state index contributed by atoms with van der Waals surface area (Å²) < 4.78 is 3.77. The Balaban J connectivity index is 2.47. The lowest BCUT2D eigenvalue weighted by atomic mass is 10.3. The van der Waals surface area contributed by atoms with Gasteiger partial charge in [0.2, 0.25) is 0 Å². The first-order valence-electron chi connectivity index (χ1n) is 6.27. The van der Waals surface area contributed by atoms with Gasteiger partial charge in [0.15, 0.2) is 5.16 Å². The number of aryl methyl sites for hydroxylation is 1. The van der Waals surface area contributed by atoms with E-state index in [9.17, 15) is 4.79 Å². The van der Waals surface area contributed by atoms with Gasteiger partial charge in [-0.2, -0.15) is 0 Å². The third-order valence-corrected chi connectivity index (χ3v) is 4.69. The van der Waals surface area contributed by atoms with Gasteiger partial charge >= 0.3 is 5.97 Å². The third-order valence-electron chi connectivity index (χ3n) is 2.65. The van der Waals surface area contributed by atoms with Crippen molar-refractivity contribution in [2.75, 3.05) is 5.75 Å². The largest absolute Gasteiger partial charge is 0.481 e. The first-order valence-corrected chi connectivity index (χ1v) is 8.84. The van der Waals surface area contributed by atoms with Crippen molar-refractivity contribution in [1.29, 1.82) is 0 Å². The molecule has 0 aliphatic heterocycles. The highest BCUT2D eigenvalue weighted by Gasteiger charge is 2.17. The molecular weight excluding hydrogens is 422 g/mol. The predicted octanol–water partition coefficient (Wildman–Crippen LogP) is 3.92. The maximum atomic E-state index is 10.8. The number of thioether (sulfide) groups is 1. The van der Waals surface area contributed by atoms with E-state index in [1.165, 1.54) is 11.8 Å². The molecule has 2 rings (SSSR count). The van der Waals surface area contributed by atoms with Crippen molar-refractivity contribution in [3.05, 3.63) is 33.0 Å². The van der Waals surface area contributed by atoms with Crippen LogP contribution in [0, 0.1) is 0 Å². The maximum absolute atomic E-state index is 10.8. The minimum atomic E-state index is -0.874. The van der Waals surface area contributed by atoms with E-state index in [0.29, 0.717) is 5.16 Å². The average molecular weight is 435 g/mol. The van der Waals surface area contributed by atoms with Crippen LogP contribution >= 0.6 is 43.6 Å². The van der Waals surface area contributed by atoms with Crippen LogP contribution in [0.5, 0.6) is 0 Å². The van der Waals surface area contributed by atoms with Crippen molar-refractivity contribution in [3.8, 4) is 5.69 Å². The van der Waals surface area contributed by atoms with Gasteiger partial charge in [-0.25, -0.2) is 0 Å². The predicted molar refractivity (Wildman–Crippen MR) is 89.1 cm³/mol. The van der Waals surface area contributed by atoms with Gasteiger partial charge in [-0.15, -0.1) is 10.2 Å². The van der Waals surface area contributed by atoms with E-state index in [0.717, 1.165) is 33.3 Å². The molecule has 1 heterocycles. The van der Waals surface area contributed by atoms with Crippen LogP contribution in [0.15, 0.2) is 32.3 Å². The zero-order chi connectivity index (χ0) is 15.4. The quantitative estimate of drug-likeness (QED) is 0.697. The highest BCUT2D eigenvalue weighted by atomic mass is 79.9. The number of hydrogen-bond donors (Lipinski definition) is 1. The second kappa shape index (κ2) is 7.42. The van der Waals surface area contributed by atoms with Crippen LogP contribution in [0.2, 0.25) is 0 Å². The topological polar surface area (TPSA) is 68.0 Å². The number of nitrogens with zero attached hydrogens (tertiary/aromatic N) is 3. The van der Waals surface area contributed by atoms with Crippen LogP contribution in [0.3, 0.4) is 0 Å². The van der Waals surface area contributed by atoms with E-state index in [1.807, 2.05) is 22.8 Å². The van der Waals surface area contributed by atoms with E-state index in [2.05, 4.69) is 49.0 Å². The molecule has 2 aromatic rings. The molecule has 0 bridgehead atoms. The Morgan fingerprint density at radius 1 is 1.38 bits per heavy atom. The Labute approximate surface area is 143 Å². The molecule has 112 valence electrons. The van der Waals surface area contributed by atoms with Gasteiger partial charge in [0.25, 0.3) is 0 Å². The van der Waals surface area contributed by atoms with E-state index in [-0.39, 0.29) is 5.75 Å². The summed E-state index contributed by atoms with van der Waals surface area (Å²) in [5, 5.41) is 17.7. The first kappa shape index (κ1) is 16.5. The standard InChI is InChI=1S/C13H13Br2N3O2S/c1-2-3-11-16-17-13(21-7-12(19)20)18(11)10-5-4-8(14)6-9(10)15/h4-6H,2-3,7H2,1H3,(H,19,20). The average Bonchev–Trinajstić information content (AvgIpc) is 2.80. The molecule has 0 aliphatic carbocycles. The summed E-state index contributed by atoms with van der Waals surface area (Å²) in [6.45, 7) is 2.07. The number of halogens is 2. The van der Waals surface area contributed by atoms with E-state index < -0.39 is 5.97 Å². The number of carboxylic acid groups (broad SMARTS) is 1. The number of carbonyl (C=O) groups is 1. The summed E-state index contributed by atoms with van der Waals surface area (Å²) in [5.41, 5.74) is 0.902. The van der Waals surface area contributed by atoms with E-state index >= 15 is 0 Å². The van der Waals surface area contributed by atoms with Gasteiger partial charge in [0, 0.05) is 15.4 Å². The fourth-order valence-electron chi connectivity index (χ4n) is 1.81. The Kier molecular flexibility index (Phi) is 5.83. The summed E-state index contributed by atoms with van der Waals surface area (Å²) >= 11 is 8.13. The number of aromatic nitrogens is 3. The lowest BCUT2D eigenvalue weighted by Gasteiger charge is -2.11. The van der Waals surface area contributed by atoms with Crippen molar-refractivity contribution >= 4 is 49.6 Å². The summed E-state index contributed by atoms with van der Waals surface area (Å²) in [6.07, 6.45) is 1.72. The molecule has 0 spiro atoms. The molecule has 8 heteroatoms. The van der Waals surface area contributed by atoms with Crippen LogP contribution in [-0.2, 0) is 11.2 Å². The van der Waals surface area contributed by atoms with Crippen LogP contribution in [0.25, 0.3) is 5.69 Å². The minimum absolute atomic E-state index is 0.0432. The van der Waals surface area contributed by atoms with Gasteiger partial charge < -0.3 is 5.11 Å². The molecule has 0 saturated carbocycles. The van der Waals surface area contributed by atoms with Crippen LogP contribution in [-0.4, -0.2) is 31.6 Å². The number of aliphatic carboxylic acids is 1. The fourth-order valence-corrected chi connectivity index (χ4v) is 3.72. The Hall–Kier alpha value is -0.860. The number of carboxylic acids is 1. The number of rotatable bonds is 6. The van der Waals surface area contributed by atoms with Crippen LogP contribution < -0.4 is 0 Å². The summed E-state index contributed by atoms with van der Waals surface area (Å²) in [5.74, 6) is -0.0897. The summed E-state index contributed by atoms with van der Waals surface area (Å²) in [4.78, 5) is 10.8. The normalized spacial score (nSPS) is 10.8. The van der Waals surface area contributed by atoms with Gasteiger partial charge in [0.05, 0.1) is 11.4 Å². The lowest BCUT2D eigenvalue weighted by molar-refractivity contribution is -0.133. The molecule has 1 aromatic heterocycles. The van der Waals surface area contributed by atoms with Gasteiger partial charge in [-0.1, -0.05) is 34.6 Å². The lowest BCUT2D eigenvalue weighted by Crippen LogP contribution is -2.05. The molecule has 0 radical (unpaired) electrons. The van der Waals surface area contributed by atoms with Crippen molar-refractivity contribution in [2.45, 2.75) is 24.9 Å². The van der Waals surface area contributed by atoms with Gasteiger partial charge in [-0.3, -0.25) is 9.36 Å². The zero-order valence-corrected chi connectivity index (χ0v) is 15.2. The Morgan fingerprint density at radius 3 is 2.76 bits per heavy atom. The maximum Gasteiger partial charge on any atom is 0.313 e. The molecule has 0 unspecified atom stereocenters. The van der Waals surface area contributed by atoms with E-state index in [4.69, 9.17) is 5.11 Å². The molecule has 5 nitrogen and oxygen atoms in total. The summed E-state index contributed by atoms with van der Waals surface area (Å²) in [7, 11) is 0. The third kappa shape index (κ3) is 4.08. The minimum Gasteiger partial charge on any atom is -0.481 e. The SMILES string of the molecule is CCCc1nnc(SCC(=O)O)n1-c1ccc(Br)cc1Br. The number of hydrogen-bond acceptors (Lipinski definition) is 4. The van der Waals surface area contributed by atoms with Crippen molar-refractivity contribution in [2.24, 2.45) is 0 Å². The molecule has 21 heavy (non-hydrogen) atoms. The van der Waals surface area contributed by atoms with Crippen molar-refractivity contribution in [1.82, 2.24) is 14.8 Å². The van der Waals surface area contributed by atoms with Crippen LogP contribution in [0.4, 0.5) is 0 Å². The molecule has 0 amide bonds. The Bertz CT molecular complexity index is 661. The molecule has 1 aromatic carbocycles. The first-order chi connectivity index (χ1) is 10.0. The van der Waals surface area contributed by atoms with E-state index in [1.54, 1.807) is 0 Å². The number of benzene rings is 1. The molecule has 0 atom stereocenters.